The molecule has 1 aliphatic rings. The van der Waals surface area contributed by atoms with Crippen LogP contribution in [0.1, 0.15) is 0 Å². The molecule has 0 spiro atoms. The summed E-state index contributed by atoms with van der Waals surface area (Å²) >= 11 is 0. The molecule has 0 N–H and O–H groups in total. The number of carbonyl (C=O) groups is 2. The van der Waals surface area contributed by atoms with Gasteiger partial charge in [-0.25, -0.2) is 19.9 Å². The van der Waals surface area contributed by atoms with Crippen LogP contribution in [0.5, 0.6) is 0 Å². The highest BCUT2D eigenvalue weighted by Gasteiger charge is 2.17. The summed E-state index contributed by atoms with van der Waals surface area (Å²) in [4.78, 5) is 46.1. The SMILES string of the molecule is O=C1N=c2nc3cc4cccnc4nc3nc2=NC1=O. The lowest BCUT2D eigenvalue weighted by Gasteiger charge is -2.00. The third-order valence-corrected chi connectivity index (χ3v) is 2.79. The molecule has 0 saturated carbocycles. The highest BCUT2D eigenvalue weighted by Crippen LogP contribution is 2.12. The number of hydrogen-bond acceptors (Lipinski definition) is 6. The molecule has 3 aromatic heterocycles. The first-order chi connectivity index (χ1) is 9.70. The number of pyridine rings is 2. The first-order valence-electron chi connectivity index (χ1n) is 5.66. The van der Waals surface area contributed by atoms with E-state index in [1.54, 1.807) is 18.3 Å². The van der Waals surface area contributed by atoms with E-state index >= 15 is 0 Å². The van der Waals surface area contributed by atoms with Crippen LogP contribution < -0.4 is 11.0 Å². The third kappa shape index (κ3) is 1.48. The zero-order valence-corrected chi connectivity index (χ0v) is 9.81. The number of rotatable bonds is 0. The molecule has 0 bridgehead atoms. The van der Waals surface area contributed by atoms with Crippen molar-refractivity contribution in [1.82, 2.24) is 19.9 Å². The lowest BCUT2D eigenvalue weighted by Crippen LogP contribution is -2.39. The Bertz CT molecular complexity index is 959. The number of aromatic nitrogens is 4. The van der Waals surface area contributed by atoms with Crippen LogP contribution in [0.4, 0.5) is 0 Å². The minimum absolute atomic E-state index is 0.00452. The summed E-state index contributed by atoms with van der Waals surface area (Å²) in [6, 6.07) is 5.37. The van der Waals surface area contributed by atoms with Crippen molar-refractivity contribution in [3.05, 3.63) is 35.4 Å². The van der Waals surface area contributed by atoms with Crippen molar-refractivity contribution in [1.29, 1.82) is 0 Å². The summed E-state index contributed by atoms with van der Waals surface area (Å²) in [6.07, 6.45) is 1.62. The van der Waals surface area contributed by atoms with Crippen LogP contribution in [-0.4, -0.2) is 31.8 Å². The van der Waals surface area contributed by atoms with Crippen molar-refractivity contribution in [2.24, 2.45) is 9.98 Å². The fourth-order valence-electron chi connectivity index (χ4n) is 1.90. The Morgan fingerprint density at radius 3 is 2.40 bits per heavy atom. The van der Waals surface area contributed by atoms with Gasteiger partial charge in [-0.1, -0.05) is 0 Å². The summed E-state index contributed by atoms with van der Waals surface area (Å²) in [6.45, 7) is 0. The van der Waals surface area contributed by atoms with E-state index in [2.05, 4.69) is 29.9 Å². The molecule has 4 rings (SSSR count). The minimum Gasteiger partial charge on any atom is -0.261 e. The number of fused-ring (bicyclic) bond motifs is 3. The third-order valence-electron chi connectivity index (χ3n) is 2.79. The summed E-state index contributed by atoms with van der Waals surface area (Å²) in [5.74, 6) is -1.90. The molecule has 8 heteroatoms. The summed E-state index contributed by atoms with van der Waals surface area (Å²) < 4.78 is 0. The molecule has 2 amide bonds. The molecule has 3 aromatic rings. The van der Waals surface area contributed by atoms with Crippen LogP contribution in [0.25, 0.3) is 22.2 Å². The Balaban J connectivity index is 2.17. The van der Waals surface area contributed by atoms with Crippen molar-refractivity contribution in [3.8, 4) is 0 Å². The van der Waals surface area contributed by atoms with Gasteiger partial charge in [-0.2, -0.15) is 9.98 Å². The molecule has 0 unspecified atom stereocenters. The van der Waals surface area contributed by atoms with E-state index in [0.29, 0.717) is 16.8 Å². The van der Waals surface area contributed by atoms with Gasteiger partial charge in [0.05, 0.1) is 0 Å². The summed E-state index contributed by atoms with van der Waals surface area (Å²) in [5, 5.41) is 0.796. The second kappa shape index (κ2) is 3.67. The van der Waals surface area contributed by atoms with Gasteiger partial charge in [0.25, 0.3) is 0 Å². The molecule has 0 aromatic carbocycles. The molecule has 0 aliphatic carbocycles. The van der Waals surface area contributed by atoms with Crippen LogP contribution in [0.2, 0.25) is 0 Å². The fourth-order valence-corrected chi connectivity index (χ4v) is 1.90. The van der Waals surface area contributed by atoms with E-state index < -0.39 is 11.8 Å². The normalized spacial score (nSPS) is 14.0. The lowest BCUT2D eigenvalue weighted by atomic mass is 10.3. The van der Waals surface area contributed by atoms with Gasteiger partial charge < -0.3 is 0 Å². The Morgan fingerprint density at radius 1 is 0.850 bits per heavy atom. The largest absolute Gasteiger partial charge is 0.339 e. The highest BCUT2D eigenvalue weighted by molar-refractivity contribution is 6.36. The van der Waals surface area contributed by atoms with Crippen LogP contribution in [-0.2, 0) is 9.59 Å². The molecule has 4 heterocycles. The van der Waals surface area contributed by atoms with Gasteiger partial charge in [0, 0.05) is 11.6 Å². The maximum absolute atomic E-state index is 11.2. The molecule has 20 heavy (non-hydrogen) atoms. The molecular formula is C12H4N6O2. The van der Waals surface area contributed by atoms with Gasteiger partial charge in [0.15, 0.2) is 11.3 Å². The van der Waals surface area contributed by atoms with Crippen LogP contribution >= 0.6 is 0 Å². The van der Waals surface area contributed by atoms with Gasteiger partial charge in [0.1, 0.15) is 5.52 Å². The van der Waals surface area contributed by atoms with E-state index in [9.17, 15) is 9.59 Å². The number of hydrogen-bond donors (Lipinski definition) is 0. The van der Waals surface area contributed by atoms with E-state index in [4.69, 9.17) is 0 Å². The molecule has 0 saturated heterocycles. The van der Waals surface area contributed by atoms with Crippen LogP contribution in [0.3, 0.4) is 0 Å². The Hall–Kier alpha value is -3.16. The fraction of sp³-hybridized carbons (Fsp3) is 0. The first kappa shape index (κ1) is 10.7. The predicted octanol–water partition coefficient (Wildman–Crippen LogP) is -1.12. The number of carbonyl (C=O) groups excluding carboxylic acids is 2. The maximum Gasteiger partial charge on any atom is 0.339 e. The van der Waals surface area contributed by atoms with E-state index in [-0.39, 0.29) is 11.0 Å². The predicted molar refractivity (Wildman–Crippen MR) is 65.0 cm³/mol. The van der Waals surface area contributed by atoms with Crippen LogP contribution in [0, 0.1) is 0 Å². The van der Waals surface area contributed by atoms with Crippen LogP contribution in [0.15, 0.2) is 34.4 Å². The van der Waals surface area contributed by atoms with Gasteiger partial charge in [0.2, 0.25) is 11.0 Å². The van der Waals surface area contributed by atoms with E-state index in [1.807, 2.05) is 6.07 Å². The number of nitrogens with zero attached hydrogens (tertiary/aromatic N) is 6. The second-order valence-electron chi connectivity index (χ2n) is 4.09. The second-order valence-corrected chi connectivity index (χ2v) is 4.09. The molecule has 1 aliphatic heterocycles. The summed E-state index contributed by atoms with van der Waals surface area (Å²) in [7, 11) is 0. The van der Waals surface area contributed by atoms with Crippen molar-refractivity contribution in [2.45, 2.75) is 0 Å². The van der Waals surface area contributed by atoms with E-state index in [0.717, 1.165) is 5.39 Å². The van der Waals surface area contributed by atoms with Gasteiger partial charge in [-0.15, -0.1) is 0 Å². The molecule has 0 radical (unpaired) electrons. The van der Waals surface area contributed by atoms with Gasteiger partial charge in [-0.05, 0) is 18.2 Å². The van der Waals surface area contributed by atoms with E-state index in [1.165, 1.54) is 0 Å². The summed E-state index contributed by atoms with van der Waals surface area (Å²) in [5.41, 5.74) is 1.32. The topological polar surface area (TPSA) is 110 Å². The zero-order chi connectivity index (χ0) is 13.7. The minimum atomic E-state index is -0.954. The monoisotopic (exact) mass is 264 g/mol. The molecule has 8 nitrogen and oxygen atoms in total. The molecule has 0 atom stereocenters. The lowest BCUT2D eigenvalue weighted by molar-refractivity contribution is -0.135. The Kier molecular flexibility index (Phi) is 1.97. The average molecular weight is 264 g/mol. The van der Waals surface area contributed by atoms with Crippen molar-refractivity contribution in [3.63, 3.8) is 0 Å². The molecule has 94 valence electrons. The smallest absolute Gasteiger partial charge is 0.261 e. The number of amides is 2. The standard InChI is InChI=1S/C12H4N6O2/c19-11-12(20)18-10-9(17-11)14-6-4-5-2-1-3-13-7(5)15-8(6)16-10/h1-4H. The zero-order valence-electron chi connectivity index (χ0n) is 9.81. The average Bonchev–Trinajstić information content (AvgIpc) is 2.44. The van der Waals surface area contributed by atoms with Crippen molar-refractivity contribution < 1.29 is 9.59 Å². The molecule has 0 fully saturated rings. The highest BCUT2D eigenvalue weighted by atomic mass is 16.2. The van der Waals surface area contributed by atoms with Gasteiger partial charge in [-0.3, -0.25) is 9.59 Å². The maximum atomic E-state index is 11.2. The molecular weight excluding hydrogens is 260 g/mol. The quantitative estimate of drug-likeness (QED) is 0.375. The Morgan fingerprint density at radius 2 is 1.60 bits per heavy atom. The van der Waals surface area contributed by atoms with Gasteiger partial charge >= 0.3 is 11.8 Å². The first-order valence-corrected chi connectivity index (χ1v) is 5.66. The Labute approximate surface area is 110 Å². The van der Waals surface area contributed by atoms with Crippen molar-refractivity contribution in [2.75, 3.05) is 0 Å². The van der Waals surface area contributed by atoms with Crippen molar-refractivity contribution >= 4 is 34.0 Å².